The first-order valence-corrected chi connectivity index (χ1v) is 8.04. The largest absolute Gasteiger partial charge is 0.462 e. The molecule has 0 aromatic heterocycles. The minimum absolute atomic E-state index is 0.167. The Bertz CT molecular complexity index is 490. The second kappa shape index (κ2) is 5.20. The van der Waals surface area contributed by atoms with E-state index in [-0.39, 0.29) is 5.97 Å². The Morgan fingerprint density at radius 1 is 1.32 bits per heavy atom. The molecule has 0 amide bonds. The Morgan fingerprint density at radius 2 is 2.11 bits per heavy atom. The molecule has 2 aliphatic rings. The summed E-state index contributed by atoms with van der Waals surface area (Å²) in [5.74, 6) is -0.167. The van der Waals surface area contributed by atoms with Crippen LogP contribution in [0.15, 0.2) is 23.1 Å². The van der Waals surface area contributed by atoms with Crippen molar-refractivity contribution >= 4 is 17.7 Å². The van der Waals surface area contributed by atoms with Crippen molar-refractivity contribution < 1.29 is 9.53 Å². The maximum atomic E-state index is 12.0. The van der Waals surface area contributed by atoms with Crippen LogP contribution in [0.4, 0.5) is 0 Å². The van der Waals surface area contributed by atoms with Crippen LogP contribution in [0.25, 0.3) is 0 Å². The first kappa shape index (κ1) is 13.0. The summed E-state index contributed by atoms with van der Waals surface area (Å²) >= 11 is 1.94. The third-order valence-electron chi connectivity index (χ3n) is 4.19. The van der Waals surface area contributed by atoms with Crippen molar-refractivity contribution in [2.45, 2.75) is 55.1 Å². The maximum absolute atomic E-state index is 12.0. The highest BCUT2D eigenvalue weighted by molar-refractivity contribution is 8.01. The van der Waals surface area contributed by atoms with Crippen LogP contribution < -0.4 is 0 Å². The summed E-state index contributed by atoms with van der Waals surface area (Å²) in [5, 5.41) is 0. The number of ether oxygens (including phenoxy) is 1. The molecule has 102 valence electrons. The van der Waals surface area contributed by atoms with Gasteiger partial charge in [-0.2, -0.15) is 0 Å². The zero-order chi connectivity index (χ0) is 13.3. The van der Waals surface area contributed by atoms with E-state index < -0.39 is 0 Å². The minimum Gasteiger partial charge on any atom is -0.462 e. The molecule has 1 heterocycles. The molecular weight excluding hydrogens is 256 g/mol. The van der Waals surface area contributed by atoms with Crippen LogP contribution >= 0.6 is 11.8 Å². The first-order chi connectivity index (χ1) is 9.24. The maximum Gasteiger partial charge on any atom is 0.339 e. The highest BCUT2D eigenvalue weighted by atomic mass is 32.2. The Labute approximate surface area is 118 Å². The summed E-state index contributed by atoms with van der Waals surface area (Å²) in [6.45, 7) is 2.30. The van der Waals surface area contributed by atoms with E-state index in [4.69, 9.17) is 4.74 Å². The van der Waals surface area contributed by atoms with Crippen LogP contribution in [-0.4, -0.2) is 17.3 Å². The molecule has 0 radical (unpaired) electrons. The molecule has 2 nitrogen and oxygen atoms in total. The molecule has 0 N–H and O–H groups in total. The highest BCUT2D eigenvalue weighted by Crippen LogP contribution is 2.53. The zero-order valence-corrected chi connectivity index (χ0v) is 12.2. The summed E-state index contributed by atoms with van der Waals surface area (Å²) in [6.07, 6.45) is 7.72. The summed E-state index contributed by atoms with van der Waals surface area (Å²) in [4.78, 5) is 13.2. The van der Waals surface area contributed by atoms with Crippen LogP contribution in [-0.2, 0) is 11.2 Å². The van der Waals surface area contributed by atoms with Gasteiger partial charge in [-0.05, 0) is 37.8 Å². The van der Waals surface area contributed by atoms with Crippen molar-refractivity contribution in [3.05, 3.63) is 29.3 Å². The van der Waals surface area contributed by atoms with Gasteiger partial charge >= 0.3 is 5.97 Å². The topological polar surface area (TPSA) is 26.3 Å². The highest BCUT2D eigenvalue weighted by Gasteiger charge is 2.40. The van der Waals surface area contributed by atoms with E-state index in [2.05, 4.69) is 6.07 Å². The predicted molar refractivity (Wildman–Crippen MR) is 77.8 cm³/mol. The van der Waals surface area contributed by atoms with Crippen molar-refractivity contribution in [3.8, 4) is 0 Å². The smallest absolute Gasteiger partial charge is 0.339 e. The van der Waals surface area contributed by atoms with Gasteiger partial charge in [0.25, 0.3) is 0 Å². The van der Waals surface area contributed by atoms with Crippen molar-refractivity contribution in [1.82, 2.24) is 0 Å². The van der Waals surface area contributed by atoms with E-state index in [1.807, 2.05) is 30.8 Å². The number of hydrogen-bond donors (Lipinski definition) is 0. The van der Waals surface area contributed by atoms with Gasteiger partial charge in [0, 0.05) is 9.64 Å². The van der Waals surface area contributed by atoms with Gasteiger partial charge < -0.3 is 4.74 Å². The lowest BCUT2D eigenvalue weighted by Gasteiger charge is -2.32. The summed E-state index contributed by atoms with van der Waals surface area (Å²) in [7, 11) is 0. The van der Waals surface area contributed by atoms with Gasteiger partial charge in [0.15, 0.2) is 0 Å². The van der Waals surface area contributed by atoms with E-state index in [1.165, 1.54) is 42.6 Å². The van der Waals surface area contributed by atoms with Crippen LogP contribution in [0.3, 0.4) is 0 Å². The molecule has 3 rings (SSSR count). The number of fused-ring (bicyclic) bond motifs is 1. The van der Waals surface area contributed by atoms with E-state index in [0.717, 1.165) is 12.0 Å². The SMILES string of the molecule is CCOC(=O)c1cccc2c1SC1(CCCCC1)C2. The number of rotatable bonds is 2. The lowest BCUT2D eigenvalue weighted by atomic mass is 9.84. The van der Waals surface area contributed by atoms with E-state index in [0.29, 0.717) is 11.4 Å². The molecule has 1 aromatic rings. The second-order valence-electron chi connectivity index (χ2n) is 5.54. The molecule has 0 atom stereocenters. The molecule has 19 heavy (non-hydrogen) atoms. The Kier molecular flexibility index (Phi) is 3.57. The van der Waals surface area contributed by atoms with Gasteiger partial charge in [-0.3, -0.25) is 0 Å². The normalized spacial score (nSPS) is 20.3. The van der Waals surface area contributed by atoms with Crippen molar-refractivity contribution in [2.75, 3.05) is 6.61 Å². The van der Waals surface area contributed by atoms with Gasteiger partial charge in [-0.15, -0.1) is 11.8 Å². The predicted octanol–water partition coefficient (Wildman–Crippen LogP) is 4.21. The average molecular weight is 276 g/mol. The molecule has 1 aromatic carbocycles. The lowest BCUT2D eigenvalue weighted by molar-refractivity contribution is 0.0522. The van der Waals surface area contributed by atoms with Gasteiger partial charge in [-0.1, -0.05) is 31.4 Å². The van der Waals surface area contributed by atoms with Gasteiger partial charge in [-0.25, -0.2) is 4.79 Å². The van der Waals surface area contributed by atoms with Crippen molar-refractivity contribution in [3.63, 3.8) is 0 Å². The molecule has 3 heteroatoms. The van der Waals surface area contributed by atoms with Gasteiger partial charge in [0.05, 0.1) is 12.2 Å². The number of benzene rings is 1. The molecule has 0 unspecified atom stereocenters. The summed E-state index contributed by atoms with van der Waals surface area (Å²) < 4.78 is 5.54. The number of hydrogen-bond acceptors (Lipinski definition) is 3. The fourth-order valence-electron chi connectivity index (χ4n) is 3.29. The molecule has 1 aliphatic carbocycles. The standard InChI is InChI=1S/C16H20O2S/c1-2-18-15(17)13-8-6-7-12-11-16(19-14(12)13)9-4-3-5-10-16/h6-8H,2-5,9-11H2,1H3. The first-order valence-electron chi connectivity index (χ1n) is 7.22. The fourth-order valence-corrected chi connectivity index (χ4v) is 4.97. The number of esters is 1. The van der Waals surface area contributed by atoms with Gasteiger partial charge in [0.2, 0.25) is 0 Å². The molecule has 0 saturated heterocycles. The van der Waals surface area contributed by atoms with Crippen LogP contribution in [0, 0.1) is 0 Å². The number of thioether (sulfide) groups is 1. The third kappa shape index (κ3) is 2.40. The third-order valence-corrected chi connectivity index (χ3v) is 5.86. The minimum atomic E-state index is -0.167. The van der Waals surface area contributed by atoms with Crippen LogP contribution in [0.5, 0.6) is 0 Å². The number of carbonyl (C=O) groups is 1. The Hall–Kier alpha value is -0.960. The molecule has 0 bridgehead atoms. The van der Waals surface area contributed by atoms with Gasteiger partial charge in [0.1, 0.15) is 0 Å². The summed E-state index contributed by atoms with van der Waals surface area (Å²) in [6, 6.07) is 6.08. The Morgan fingerprint density at radius 3 is 2.84 bits per heavy atom. The fraction of sp³-hybridized carbons (Fsp3) is 0.562. The van der Waals surface area contributed by atoms with Crippen LogP contribution in [0.2, 0.25) is 0 Å². The molecule has 1 aliphatic heterocycles. The van der Waals surface area contributed by atoms with Crippen molar-refractivity contribution in [2.24, 2.45) is 0 Å². The molecule has 1 fully saturated rings. The summed E-state index contributed by atoms with van der Waals surface area (Å²) in [5.41, 5.74) is 2.12. The van der Waals surface area contributed by atoms with E-state index in [1.54, 1.807) is 0 Å². The molecule has 1 saturated carbocycles. The monoisotopic (exact) mass is 276 g/mol. The molecular formula is C16H20O2S. The van der Waals surface area contributed by atoms with Crippen LogP contribution in [0.1, 0.15) is 54.9 Å². The van der Waals surface area contributed by atoms with E-state index >= 15 is 0 Å². The Balaban J connectivity index is 1.90. The average Bonchev–Trinajstić information content (AvgIpc) is 2.76. The molecule has 1 spiro atoms. The van der Waals surface area contributed by atoms with Crippen molar-refractivity contribution in [1.29, 1.82) is 0 Å². The number of carbonyl (C=O) groups excluding carboxylic acids is 1. The quantitative estimate of drug-likeness (QED) is 0.757. The lowest BCUT2D eigenvalue weighted by Crippen LogP contribution is -2.26. The zero-order valence-electron chi connectivity index (χ0n) is 11.4. The van der Waals surface area contributed by atoms with E-state index in [9.17, 15) is 4.79 Å². The second-order valence-corrected chi connectivity index (χ2v) is 7.02.